The molecule has 1 aromatic rings. The molecule has 1 heterocycles. The molecule has 2 unspecified atom stereocenters. The Morgan fingerprint density at radius 2 is 1.87 bits per heavy atom. The lowest BCUT2D eigenvalue weighted by atomic mass is 9.93. The smallest absolute Gasteiger partial charge is 0.308 e. The quantitative estimate of drug-likeness (QED) is 0.906. The number of carbonyl (C=O) groups excluding carboxylic acids is 1. The zero-order valence-electron chi connectivity index (χ0n) is 14.0. The number of aryl methyl sites for hydroxylation is 2. The Labute approximate surface area is 137 Å². The molecule has 5 heteroatoms. The van der Waals surface area contributed by atoms with Crippen LogP contribution in [0.3, 0.4) is 0 Å². The van der Waals surface area contributed by atoms with Gasteiger partial charge in [0.2, 0.25) is 5.91 Å². The van der Waals surface area contributed by atoms with Crippen molar-refractivity contribution in [3.8, 4) is 5.75 Å². The van der Waals surface area contributed by atoms with Crippen LogP contribution in [0, 0.1) is 19.8 Å². The topological polar surface area (TPSA) is 66.8 Å². The lowest BCUT2D eigenvalue weighted by Crippen LogP contribution is -2.47. The first-order chi connectivity index (χ1) is 10.9. The number of hydrogen-bond donors (Lipinski definition) is 1. The van der Waals surface area contributed by atoms with Crippen LogP contribution in [-0.2, 0) is 9.59 Å². The van der Waals surface area contributed by atoms with E-state index in [0.29, 0.717) is 19.6 Å². The summed E-state index contributed by atoms with van der Waals surface area (Å²) in [6, 6.07) is 6.06. The molecule has 0 spiro atoms. The van der Waals surface area contributed by atoms with E-state index in [1.807, 2.05) is 32.9 Å². The molecule has 0 radical (unpaired) electrons. The van der Waals surface area contributed by atoms with E-state index in [2.05, 4.69) is 6.07 Å². The van der Waals surface area contributed by atoms with Gasteiger partial charge in [0, 0.05) is 12.6 Å². The number of nitrogens with zero attached hydrogens (tertiary/aromatic N) is 1. The van der Waals surface area contributed by atoms with Gasteiger partial charge in [-0.15, -0.1) is 0 Å². The fraction of sp³-hybridized carbons (Fsp3) is 0.556. The van der Waals surface area contributed by atoms with Crippen molar-refractivity contribution in [2.75, 3.05) is 13.2 Å². The number of amides is 1. The zero-order valence-corrected chi connectivity index (χ0v) is 14.0. The second kappa shape index (κ2) is 7.49. The van der Waals surface area contributed by atoms with E-state index in [4.69, 9.17) is 9.84 Å². The Hall–Kier alpha value is -2.04. The number of ether oxygens (including phenoxy) is 1. The zero-order chi connectivity index (χ0) is 17.0. The fourth-order valence-electron chi connectivity index (χ4n) is 3.07. The summed E-state index contributed by atoms with van der Waals surface area (Å²) >= 11 is 0. The molecule has 0 saturated carbocycles. The minimum atomic E-state index is -0.818. The summed E-state index contributed by atoms with van der Waals surface area (Å²) in [6.45, 7) is 6.60. The van der Waals surface area contributed by atoms with Crippen LogP contribution >= 0.6 is 0 Å². The highest BCUT2D eigenvalue weighted by atomic mass is 16.5. The molecule has 23 heavy (non-hydrogen) atoms. The second-order valence-electron chi connectivity index (χ2n) is 6.43. The van der Waals surface area contributed by atoms with E-state index >= 15 is 0 Å². The largest absolute Gasteiger partial charge is 0.493 e. The van der Waals surface area contributed by atoms with E-state index in [-0.39, 0.29) is 18.4 Å². The van der Waals surface area contributed by atoms with Crippen LogP contribution in [0.1, 0.15) is 37.3 Å². The molecule has 2 rings (SSSR count). The van der Waals surface area contributed by atoms with Gasteiger partial charge in [-0.3, -0.25) is 9.59 Å². The minimum absolute atomic E-state index is 0.0344. The van der Waals surface area contributed by atoms with Crippen molar-refractivity contribution in [2.24, 2.45) is 5.92 Å². The van der Waals surface area contributed by atoms with Gasteiger partial charge in [0.25, 0.3) is 0 Å². The molecule has 1 amide bonds. The fourth-order valence-corrected chi connectivity index (χ4v) is 3.07. The number of piperidine rings is 1. The predicted octanol–water partition coefficient (Wildman–Crippen LogP) is 2.78. The monoisotopic (exact) mass is 319 g/mol. The summed E-state index contributed by atoms with van der Waals surface area (Å²) in [5, 5.41) is 9.14. The van der Waals surface area contributed by atoms with Gasteiger partial charge in [0.05, 0.1) is 18.9 Å². The van der Waals surface area contributed by atoms with Crippen LogP contribution in [0.15, 0.2) is 18.2 Å². The summed E-state index contributed by atoms with van der Waals surface area (Å²) in [5.41, 5.74) is 2.25. The molecule has 2 atom stereocenters. The number of rotatable bonds is 5. The van der Waals surface area contributed by atoms with Gasteiger partial charge in [-0.2, -0.15) is 0 Å². The molecule has 1 aliphatic rings. The van der Waals surface area contributed by atoms with Gasteiger partial charge in [0.1, 0.15) is 5.75 Å². The highest BCUT2D eigenvalue weighted by Gasteiger charge is 2.32. The summed E-state index contributed by atoms with van der Waals surface area (Å²) < 4.78 is 5.67. The van der Waals surface area contributed by atoms with Gasteiger partial charge in [0.15, 0.2) is 0 Å². The highest BCUT2D eigenvalue weighted by Crippen LogP contribution is 2.23. The molecular weight excluding hydrogens is 294 g/mol. The molecular formula is C18H25NO4. The number of benzene rings is 1. The molecule has 0 aromatic heterocycles. The Morgan fingerprint density at radius 3 is 2.48 bits per heavy atom. The highest BCUT2D eigenvalue weighted by molar-refractivity contribution is 5.78. The third kappa shape index (κ3) is 4.71. The van der Waals surface area contributed by atoms with Crippen molar-refractivity contribution in [3.05, 3.63) is 29.3 Å². The molecule has 0 bridgehead atoms. The summed E-state index contributed by atoms with van der Waals surface area (Å²) in [6.07, 6.45) is 1.64. The first-order valence-corrected chi connectivity index (χ1v) is 8.10. The molecule has 126 valence electrons. The maximum atomic E-state index is 12.4. The van der Waals surface area contributed by atoms with Gasteiger partial charge >= 0.3 is 5.97 Å². The van der Waals surface area contributed by atoms with Gasteiger partial charge in [-0.1, -0.05) is 6.07 Å². The average molecular weight is 319 g/mol. The lowest BCUT2D eigenvalue weighted by Gasteiger charge is -2.36. The first kappa shape index (κ1) is 17.3. The van der Waals surface area contributed by atoms with Crippen molar-refractivity contribution in [1.82, 2.24) is 4.90 Å². The molecule has 1 fully saturated rings. The van der Waals surface area contributed by atoms with Crippen LogP contribution in [-0.4, -0.2) is 41.1 Å². The number of carbonyl (C=O) groups is 2. The summed E-state index contributed by atoms with van der Waals surface area (Å²) in [7, 11) is 0. The molecule has 5 nitrogen and oxygen atoms in total. The van der Waals surface area contributed by atoms with Crippen molar-refractivity contribution in [2.45, 2.75) is 46.1 Å². The minimum Gasteiger partial charge on any atom is -0.493 e. The van der Waals surface area contributed by atoms with Crippen molar-refractivity contribution in [1.29, 1.82) is 0 Å². The molecule has 1 N–H and O–H groups in total. The van der Waals surface area contributed by atoms with Crippen LogP contribution in [0.25, 0.3) is 0 Å². The molecule has 0 aliphatic carbocycles. The average Bonchev–Trinajstić information content (AvgIpc) is 2.46. The summed E-state index contributed by atoms with van der Waals surface area (Å²) in [5.74, 6) is -0.532. The lowest BCUT2D eigenvalue weighted by molar-refractivity contribution is -0.147. The van der Waals surface area contributed by atoms with E-state index < -0.39 is 11.9 Å². The molecule has 1 aromatic carbocycles. The van der Waals surface area contributed by atoms with Gasteiger partial charge in [-0.05, 0) is 56.9 Å². The SMILES string of the molecule is Cc1cc(C)cc(OCCC(=O)N2CC(C(=O)O)CCC2C)c1. The third-order valence-electron chi connectivity index (χ3n) is 4.33. The maximum absolute atomic E-state index is 12.4. The second-order valence-corrected chi connectivity index (χ2v) is 6.43. The first-order valence-electron chi connectivity index (χ1n) is 8.10. The number of likely N-dealkylation sites (tertiary alicyclic amines) is 1. The Bertz CT molecular complexity index is 564. The van der Waals surface area contributed by atoms with E-state index in [0.717, 1.165) is 23.3 Å². The van der Waals surface area contributed by atoms with Crippen molar-refractivity contribution >= 4 is 11.9 Å². The Kier molecular flexibility index (Phi) is 5.64. The molecule has 1 aliphatic heterocycles. The maximum Gasteiger partial charge on any atom is 0.308 e. The van der Waals surface area contributed by atoms with E-state index in [1.165, 1.54) is 0 Å². The van der Waals surface area contributed by atoms with Crippen molar-refractivity contribution < 1.29 is 19.4 Å². The van der Waals surface area contributed by atoms with Crippen LogP contribution in [0.2, 0.25) is 0 Å². The van der Waals surface area contributed by atoms with E-state index in [9.17, 15) is 9.59 Å². The van der Waals surface area contributed by atoms with Crippen LogP contribution < -0.4 is 4.74 Å². The normalized spacial score (nSPS) is 21.1. The number of carboxylic acid groups (broad SMARTS) is 1. The predicted molar refractivity (Wildman–Crippen MR) is 87.6 cm³/mol. The number of aliphatic carboxylic acids is 1. The Morgan fingerprint density at radius 1 is 1.22 bits per heavy atom. The van der Waals surface area contributed by atoms with Crippen LogP contribution in [0.5, 0.6) is 5.75 Å². The van der Waals surface area contributed by atoms with Crippen molar-refractivity contribution in [3.63, 3.8) is 0 Å². The van der Waals surface area contributed by atoms with Gasteiger partial charge < -0.3 is 14.7 Å². The van der Waals surface area contributed by atoms with Crippen LogP contribution in [0.4, 0.5) is 0 Å². The Balaban J connectivity index is 1.87. The molecule has 1 saturated heterocycles. The standard InChI is InChI=1S/C18H25NO4/c1-12-8-13(2)10-16(9-12)23-7-6-17(20)19-11-15(18(21)22)5-4-14(19)3/h8-10,14-15H,4-7,11H2,1-3H3,(H,21,22). The van der Waals surface area contributed by atoms with Gasteiger partial charge in [-0.25, -0.2) is 0 Å². The number of hydrogen-bond acceptors (Lipinski definition) is 3. The summed E-state index contributed by atoms with van der Waals surface area (Å²) in [4.78, 5) is 25.2. The number of carboxylic acids is 1. The van der Waals surface area contributed by atoms with E-state index in [1.54, 1.807) is 4.90 Å². The third-order valence-corrected chi connectivity index (χ3v) is 4.33.